The molecule has 1 aromatic rings. The number of rotatable bonds is 2. The van der Waals surface area contributed by atoms with Crippen LogP contribution < -0.4 is 0 Å². The van der Waals surface area contributed by atoms with Gasteiger partial charge in [-0.05, 0) is 24.8 Å². The van der Waals surface area contributed by atoms with Gasteiger partial charge >= 0.3 is 6.09 Å². The predicted molar refractivity (Wildman–Crippen MR) is 78.3 cm³/mol. The quantitative estimate of drug-likeness (QED) is 0.842. The molecule has 2 heterocycles. The molecule has 0 bridgehead atoms. The normalized spacial score (nSPS) is 34.6. The Labute approximate surface area is 129 Å². The minimum Gasteiger partial charge on any atom is -0.447 e. The summed E-state index contributed by atoms with van der Waals surface area (Å²) in [5.41, 5.74) is 0.257. The van der Waals surface area contributed by atoms with Gasteiger partial charge in [0, 0.05) is 13.0 Å². The number of ether oxygens (including phenoxy) is 2. The van der Waals surface area contributed by atoms with E-state index in [2.05, 4.69) is 0 Å². The molecule has 0 aromatic heterocycles. The molecule has 1 spiro atoms. The van der Waals surface area contributed by atoms with Gasteiger partial charge in [-0.3, -0.25) is 9.69 Å². The van der Waals surface area contributed by atoms with Gasteiger partial charge in [0.05, 0.1) is 12.1 Å². The minimum atomic E-state index is -0.783. The number of nitrogens with zero attached hydrogens (tertiary/aromatic N) is 1. The van der Waals surface area contributed by atoms with Crippen molar-refractivity contribution in [2.24, 2.45) is 0 Å². The fourth-order valence-electron chi connectivity index (χ4n) is 3.90. The number of cyclic esters (lactones) is 1. The summed E-state index contributed by atoms with van der Waals surface area (Å²) in [5, 5.41) is 0. The second-order valence-electron chi connectivity index (χ2n) is 6.25. The van der Waals surface area contributed by atoms with Crippen molar-refractivity contribution < 1.29 is 19.1 Å². The van der Waals surface area contributed by atoms with Gasteiger partial charge in [0.2, 0.25) is 0 Å². The van der Waals surface area contributed by atoms with Crippen molar-refractivity contribution in [3.8, 4) is 0 Å². The van der Waals surface area contributed by atoms with Crippen LogP contribution >= 0.6 is 0 Å². The molecule has 3 atom stereocenters. The SMILES string of the molecule is O=C1OC[C@H](c2ccccc2)N1[C@H]1CC(=O)[C@@]12CCCCO2. The number of hydrogen-bond donors (Lipinski definition) is 0. The highest BCUT2D eigenvalue weighted by atomic mass is 16.6. The molecule has 3 fully saturated rings. The maximum atomic E-state index is 12.3. The molecule has 0 radical (unpaired) electrons. The number of carbonyl (C=O) groups excluding carboxylic acids is 2. The predicted octanol–water partition coefficient (Wildman–Crippen LogP) is 2.46. The Morgan fingerprint density at radius 2 is 1.95 bits per heavy atom. The van der Waals surface area contributed by atoms with Crippen LogP contribution in [-0.2, 0) is 14.3 Å². The zero-order chi connectivity index (χ0) is 15.2. The molecule has 1 amide bonds. The van der Waals surface area contributed by atoms with Crippen LogP contribution in [0.5, 0.6) is 0 Å². The van der Waals surface area contributed by atoms with Crippen molar-refractivity contribution in [3.05, 3.63) is 35.9 Å². The smallest absolute Gasteiger partial charge is 0.410 e. The molecular weight excluding hydrogens is 282 g/mol. The molecule has 1 aromatic carbocycles. The van der Waals surface area contributed by atoms with Crippen LogP contribution in [0.3, 0.4) is 0 Å². The second-order valence-corrected chi connectivity index (χ2v) is 6.25. The van der Waals surface area contributed by atoms with Gasteiger partial charge < -0.3 is 9.47 Å². The topological polar surface area (TPSA) is 55.8 Å². The zero-order valence-electron chi connectivity index (χ0n) is 12.4. The van der Waals surface area contributed by atoms with Crippen LogP contribution in [0.1, 0.15) is 37.3 Å². The van der Waals surface area contributed by atoms with Crippen molar-refractivity contribution in [1.29, 1.82) is 0 Å². The molecule has 5 nitrogen and oxygen atoms in total. The lowest BCUT2D eigenvalue weighted by atomic mass is 9.68. The molecular formula is C17H19NO4. The summed E-state index contributed by atoms with van der Waals surface area (Å²) in [6.07, 6.45) is 2.70. The number of ketones is 1. The average Bonchev–Trinajstić information content (AvgIpc) is 2.95. The maximum absolute atomic E-state index is 12.3. The molecule has 3 aliphatic rings. The van der Waals surface area contributed by atoms with E-state index in [0.29, 0.717) is 26.1 Å². The number of carbonyl (C=O) groups is 2. The zero-order valence-corrected chi connectivity index (χ0v) is 12.4. The van der Waals surface area contributed by atoms with E-state index in [1.54, 1.807) is 4.90 Å². The van der Waals surface area contributed by atoms with Gasteiger partial charge in [-0.1, -0.05) is 30.3 Å². The highest BCUT2D eigenvalue weighted by Gasteiger charge is 2.62. The Morgan fingerprint density at radius 1 is 1.14 bits per heavy atom. The summed E-state index contributed by atoms with van der Waals surface area (Å²) in [5.74, 6) is 0.128. The van der Waals surface area contributed by atoms with Crippen LogP contribution in [0.2, 0.25) is 0 Å². The lowest BCUT2D eigenvalue weighted by Gasteiger charge is -2.52. The molecule has 2 aliphatic heterocycles. The highest BCUT2D eigenvalue weighted by Crippen LogP contribution is 2.46. The Hall–Kier alpha value is -1.88. The fourth-order valence-corrected chi connectivity index (χ4v) is 3.90. The number of amides is 1. The van der Waals surface area contributed by atoms with Crippen molar-refractivity contribution in [1.82, 2.24) is 4.90 Å². The first kappa shape index (κ1) is 13.8. The summed E-state index contributed by atoms with van der Waals surface area (Å²) in [6, 6.07) is 9.52. The first-order valence-corrected chi connectivity index (χ1v) is 7.90. The van der Waals surface area contributed by atoms with Gasteiger partial charge in [-0.25, -0.2) is 4.79 Å². The molecule has 1 saturated carbocycles. The van der Waals surface area contributed by atoms with Gasteiger partial charge in [0.1, 0.15) is 12.2 Å². The Morgan fingerprint density at radius 3 is 2.64 bits per heavy atom. The largest absolute Gasteiger partial charge is 0.447 e. The van der Waals surface area contributed by atoms with Gasteiger partial charge in [-0.2, -0.15) is 0 Å². The number of benzene rings is 1. The van der Waals surface area contributed by atoms with Crippen molar-refractivity contribution in [3.63, 3.8) is 0 Å². The Bertz CT molecular complexity index is 594. The lowest BCUT2D eigenvalue weighted by Crippen LogP contribution is -2.69. The number of hydrogen-bond acceptors (Lipinski definition) is 4. The Kier molecular flexibility index (Phi) is 3.18. The summed E-state index contributed by atoms with van der Waals surface area (Å²) < 4.78 is 11.2. The van der Waals surface area contributed by atoms with E-state index in [-0.39, 0.29) is 24.0 Å². The van der Waals surface area contributed by atoms with E-state index < -0.39 is 5.60 Å². The first-order valence-electron chi connectivity index (χ1n) is 7.90. The standard InChI is InChI=1S/C17H19NO4/c19-15-10-14(17(15)8-4-5-9-22-17)18-13(11-21-16(18)20)12-6-2-1-3-7-12/h1-3,6-7,13-14H,4-5,8-11H2/t13-,14+,17-/m1/s1. The third kappa shape index (κ3) is 1.88. The van der Waals surface area contributed by atoms with Crippen molar-refractivity contribution >= 4 is 11.9 Å². The van der Waals surface area contributed by atoms with Crippen LogP contribution in [0.4, 0.5) is 4.79 Å². The van der Waals surface area contributed by atoms with E-state index >= 15 is 0 Å². The third-order valence-corrected chi connectivity index (χ3v) is 5.12. The fraction of sp³-hybridized carbons (Fsp3) is 0.529. The molecule has 22 heavy (non-hydrogen) atoms. The van der Waals surface area contributed by atoms with E-state index in [9.17, 15) is 9.59 Å². The monoisotopic (exact) mass is 301 g/mol. The molecule has 2 saturated heterocycles. The van der Waals surface area contributed by atoms with Crippen molar-refractivity contribution in [2.45, 2.75) is 43.4 Å². The summed E-state index contributed by atoms with van der Waals surface area (Å²) in [7, 11) is 0. The van der Waals surface area contributed by atoms with Crippen LogP contribution in [0.15, 0.2) is 30.3 Å². The van der Waals surface area contributed by atoms with Crippen molar-refractivity contribution in [2.75, 3.05) is 13.2 Å². The van der Waals surface area contributed by atoms with E-state index in [1.807, 2.05) is 30.3 Å². The molecule has 1 aliphatic carbocycles. The Balaban J connectivity index is 1.65. The molecule has 4 rings (SSSR count). The molecule has 0 unspecified atom stereocenters. The lowest BCUT2D eigenvalue weighted by molar-refractivity contribution is -0.187. The highest BCUT2D eigenvalue weighted by molar-refractivity contribution is 5.97. The second kappa shape index (κ2) is 5.09. The summed E-state index contributed by atoms with van der Waals surface area (Å²) in [6.45, 7) is 0.935. The minimum absolute atomic E-state index is 0.128. The molecule has 116 valence electrons. The van der Waals surface area contributed by atoms with E-state index in [0.717, 1.165) is 18.4 Å². The summed E-state index contributed by atoms with van der Waals surface area (Å²) in [4.78, 5) is 26.2. The van der Waals surface area contributed by atoms with E-state index in [4.69, 9.17) is 9.47 Å². The van der Waals surface area contributed by atoms with Crippen LogP contribution in [0, 0.1) is 0 Å². The average molecular weight is 301 g/mol. The van der Waals surface area contributed by atoms with E-state index in [1.165, 1.54) is 0 Å². The molecule has 5 heteroatoms. The summed E-state index contributed by atoms with van der Waals surface area (Å²) >= 11 is 0. The number of Topliss-reactive ketones (excluding diaryl/α,β-unsaturated/α-hetero) is 1. The van der Waals surface area contributed by atoms with Crippen LogP contribution in [0.25, 0.3) is 0 Å². The first-order chi connectivity index (χ1) is 10.7. The molecule has 0 N–H and O–H groups in total. The van der Waals surface area contributed by atoms with Gasteiger partial charge in [0.15, 0.2) is 5.78 Å². The van der Waals surface area contributed by atoms with Gasteiger partial charge in [0.25, 0.3) is 0 Å². The van der Waals surface area contributed by atoms with Crippen LogP contribution in [-0.4, -0.2) is 41.6 Å². The maximum Gasteiger partial charge on any atom is 0.410 e. The van der Waals surface area contributed by atoms with Gasteiger partial charge in [-0.15, -0.1) is 0 Å². The third-order valence-electron chi connectivity index (χ3n) is 5.12.